The van der Waals surface area contributed by atoms with E-state index in [1.54, 1.807) is 19.3 Å². The standard InChI is InChI=1S/C19H19N5O/c1-13-6-4-5-7-16(13)22-23-17-9-8-15(12-14(17)2)21-19(25)18-10-11-20-24(18)3/h4-12H,1-3H3,(H,21,25). The van der Waals surface area contributed by atoms with E-state index in [4.69, 9.17) is 0 Å². The zero-order valence-corrected chi connectivity index (χ0v) is 14.4. The van der Waals surface area contributed by atoms with E-state index in [1.165, 1.54) is 4.68 Å². The van der Waals surface area contributed by atoms with Crippen LogP contribution in [0.5, 0.6) is 0 Å². The van der Waals surface area contributed by atoms with Gasteiger partial charge in [-0.25, -0.2) is 0 Å². The SMILES string of the molecule is Cc1ccccc1N=Nc1ccc(NC(=O)c2ccnn2C)cc1C. The summed E-state index contributed by atoms with van der Waals surface area (Å²) < 4.78 is 1.53. The molecule has 2 aromatic carbocycles. The molecule has 0 fully saturated rings. The fourth-order valence-electron chi connectivity index (χ4n) is 2.42. The zero-order valence-electron chi connectivity index (χ0n) is 14.4. The predicted octanol–water partition coefficient (Wildman–Crippen LogP) is 4.70. The van der Waals surface area contributed by atoms with Crippen molar-refractivity contribution < 1.29 is 4.79 Å². The van der Waals surface area contributed by atoms with Crippen molar-refractivity contribution in [3.8, 4) is 0 Å². The number of azo groups is 1. The number of hydrogen-bond donors (Lipinski definition) is 1. The monoisotopic (exact) mass is 333 g/mol. The van der Waals surface area contributed by atoms with Gasteiger partial charge in [0.2, 0.25) is 0 Å². The molecule has 0 unspecified atom stereocenters. The topological polar surface area (TPSA) is 71.6 Å². The Bertz CT molecular complexity index is 942. The van der Waals surface area contributed by atoms with Crippen LogP contribution in [0.1, 0.15) is 21.6 Å². The summed E-state index contributed by atoms with van der Waals surface area (Å²) in [6.07, 6.45) is 1.59. The van der Waals surface area contributed by atoms with Gasteiger partial charge in [-0.3, -0.25) is 9.48 Å². The van der Waals surface area contributed by atoms with Gasteiger partial charge in [0, 0.05) is 18.9 Å². The second kappa shape index (κ2) is 7.09. The molecule has 0 aliphatic rings. The molecule has 0 radical (unpaired) electrons. The summed E-state index contributed by atoms with van der Waals surface area (Å²) in [5.74, 6) is -0.200. The summed E-state index contributed by atoms with van der Waals surface area (Å²) in [6.45, 7) is 3.93. The largest absolute Gasteiger partial charge is 0.321 e. The Kier molecular flexibility index (Phi) is 4.70. The summed E-state index contributed by atoms with van der Waals surface area (Å²) in [5, 5.41) is 15.5. The second-order valence-electron chi connectivity index (χ2n) is 5.78. The number of nitrogens with one attached hydrogen (secondary N) is 1. The van der Waals surface area contributed by atoms with E-state index in [0.717, 1.165) is 22.5 Å². The van der Waals surface area contributed by atoms with Crippen molar-refractivity contribution in [1.29, 1.82) is 0 Å². The van der Waals surface area contributed by atoms with Crippen molar-refractivity contribution in [2.45, 2.75) is 13.8 Å². The Morgan fingerprint density at radius 1 is 1.00 bits per heavy atom. The summed E-state index contributed by atoms with van der Waals surface area (Å²) in [6, 6.07) is 15.0. The number of benzene rings is 2. The zero-order chi connectivity index (χ0) is 17.8. The van der Waals surface area contributed by atoms with E-state index in [9.17, 15) is 4.79 Å². The molecule has 3 rings (SSSR count). The number of aromatic nitrogens is 2. The highest BCUT2D eigenvalue weighted by molar-refractivity contribution is 6.03. The molecular formula is C19H19N5O. The Labute approximate surface area is 146 Å². The molecule has 126 valence electrons. The molecule has 6 nitrogen and oxygen atoms in total. The van der Waals surface area contributed by atoms with Crippen LogP contribution in [-0.2, 0) is 7.05 Å². The van der Waals surface area contributed by atoms with E-state index in [1.807, 2.05) is 56.3 Å². The molecule has 1 amide bonds. The lowest BCUT2D eigenvalue weighted by Gasteiger charge is -2.07. The Hall–Kier alpha value is -3.28. The first-order valence-corrected chi connectivity index (χ1v) is 7.92. The normalized spacial score (nSPS) is 11.0. The fourth-order valence-corrected chi connectivity index (χ4v) is 2.42. The molecule has 0 saturated heterocycles. The Morgan fingerprint density at radius 3 is 2.36 bits per heavy atom. The highest BCUT2D eigenvalue weighted by atomic mass is 16.2. The third-order valence-electron chi connectivity index (χ3n) is 3.89. The van der Waals surface area contributed by atoms with Crippen LogP contribution in [0.25, 0.3) is 0 Å². The molecule has 1 aromatic heterocycles. The van der Waals surface area contributed by atoms with Gasteiger partial charge in [0.15, 0.2) is 0 Å². The maximum Gasteiger partial charge on any atom is 0.273 e. The minimum atomic E-state index is -0.200. The van der Waals surface area contributed by atoms with Crippen molar-refractivity contribution in [3.05, 3.63) is 71.5 Å². The second-order valence-corrected chi connectivity index (χ2v) is 5.78. The minimum Gasteiger partial charge on any atom is -0.321 e. The van der Waals surface area contributed by atoms with Crippen molar-refractivity contribution >= 4 is 23.0 Å². The first-order chi connectivity index (χ1) is 12.0. The summed E-state index contributed by atoms with van der Waals surface area (Å²) in [4.78, 5) is 12.2. The quantitative estimate of drug-likeness (QED) is 0.703. The molecule has 1 heterocycles. The van der Waals surface area contributed by atoms with Gasteiger partial charge in [-0.05, 0) is 55.3 Å². The maximum absolute atomic E-state index is 12.2. The molecule has 0 aliphatic heterocycles. The van der Waals surface area contributed by atoms with Crippen LogP contribution in [0.3, 0.4) is 0 Å². The van der Waals surface area contributed by atoms with Gasteiger partial charge < -0.3 is 5.32 Å². The smallest absolute Gasteiger partial charge is 0.273 e. The van der Waals surface area contributed by atoms with Crippen molar-refractivity contribution in [1.82, 2.24) is 9.78 Å². The third-order valence-corrected chi connectivity index (χ3v) is 3.89. The molecular weight excluding hydrogens is 314 g/mol. The predicted molar refractivity (Wildman–Crippen MR) is 97.7 cm³/mol. The number of hydrogen-bond acceptors (Lipinski definition) is 4. The average Bonchev–Trinajstić information content (AvgIpc) is 3.01. The maximum atomic E-state index is 12.2. The number of nitrogens with zero attached hydrogens (tertiary/aromatic N) is 4. The lowest BCUT2D eigenvalue weighted by molar-refractivity contribution is 0.101. The van der Waals surface area contributed by atoms with Gasteiger partial charge in [-0.15, -0.1) is 0 Å². The van der Waals surface area contributed by atoms with Gasteiger partial charge >= 0.3 is 0 Å². The van der Waals surface area contributed by atoms with Crippen molar-refractivity contribution in [3.63, 3.8) is 0 Å². The Balaban J connectivity index is 1.76. The number of carbonyl (C=O) groups excluding carboxylic acids is 1. The van der Waals surface area contributed by atoms with Crippen LogP contribution in [0.15, 0.2) is 65.0 Å². The van der Waals surface area contributed by atoms with Gasteiger partial charge in [0.1, 0.15) is 5.69 Å². The number of amides is 1. The van der Waals surface area contributed by atoms with Gasteiger partial charge in [0.05, 0.1) is 11.4 Å². The van der Waals surface area contributed by atoms with Crippen LogP contribution in [-0.4, -0.2) is 15.7 Å². The number of aryl methyl sites for hydroxylation is 3. The van der Waals surface area contributed by atoms with E-state index in [0.29, 0.717) is 11.4 Å². The highest BCUT2D eigenvalue weighted by Crippen LogP contribution is 2.26. The lowest BCUT2D eigenvalue weighted by Crippen LogP contribution is -2.16. The first-order valence-electron chi connectivity index (χ1n) is 7.92. The van der Waals surface area contributed by atoms with Crippen LogP contribution >= 0.6 is 0 Å². The fraction of sp³-hybridized carbons (Fsp3) is 0.158. The lowest BCUT2D eigenvalue weighted by atomic mass is 10.2. The third kappa shape index (κ3) is 3.80. The van der Waals surface area contributed by atoms with Gasteiger partial charge in [0.25, 0.3) is 5.91 Å². The first kappa shape index (κ1) is 16.6. The minimum absolute atomic E-state index is 0.200. The Morgan fingerprint density at radius 2 is 1.72 bits per heavy atom. The molecule has 0 atom stereocenters. The van der Waals surface area contributed by atoms with Crippen LogP contribution < -0.4 is 5.32 Å². The summed E-state index contributed by atoms with van der Waals surface area (Å²) in [7, 11) is 1.73. The van der Waals surface area contributed by atoms with E-state index in [2.05, 4.69) is 20.6 Å². The molecule has 25 heavy (non-hydrogen) atoms. The number of rotatable bonds is 4. The van der Waals surface area contributed by atoms with E-state index < -0.39 is 0 Å². The molecule has 0 saturated carbocycles. The average molecular weight is 333 g/mol. The van der Waals surface area contributed by atoms with Crippen LogP contribution in [0, 0.1) is 13.8 Å². The van der Waals surface area contributed by atoms with Crippen molar-refractivity contribution in [2.24, 2.45) is 17.3 Å². The summed E-state index contributed by atoms with van der Waals surface area (Å²) in [5.41, 5.74) is 4.82. The van der Waals surface area contributed by atoms with Crippen LogP contribution in [0.4, 0.5) is 17.1 Å². The molecule has 1 N–H and O–H groups in total. The molecule has 0 aliphatic carbocycles. The van der Waals surface area contributed by atoms with Crippen LogP contribution in [0.2, 0.25) is 0 Å². The van der Waals surface area contributed by atoms with Gasteiger partial charge in [-0.1, -0.05) is 18.2 Å². The summed E-state index contributed by atoms with van der Waals surface area (Å²) >= 11 is 0. The molecule has 3 aromatic rings. The highest BCUT2D eigenvalue weighted by Gasteiger charge is 2.10. The molecule has 0 bridgehead atoms. The van der Waals surface area contributed by atoms with Gasteiger partial charge in [-0.2, -0.15) is 15.3 Å². The molecule has 6 heteroatoms. The van der Waals surface area contributed by atoms with Crippen molar-refractivity contribution in [2.75, 3.05) is 5.32 Å². The van der Waals surface area contributed by atoms with E-state index >= 15 is 0 Å². The number of anilines is 1. The number of carbonyl (C=O) groups is 1. The van der Waals surface area contributed by atoms with E-state index in [-0.39, 0.29) is 5.91 Å². The molecule has 0 spiro atoms.